The van der Waals surface area contributed by atoms with E-state index in [4.69, 9.17) is 0 Å². The van der Waals surface area contributed by atoms with Crippen molar-refractivity contribution in [1.82, 2.24) is 5.32 Å². The highest BCUT2D eigenvalue weighted by molar-refractivity contribution is 6.00. The molecule has 0 aliphatic rings. The number of carboxylic acids is 1. The van der Waals surface area contributed by atoms with Gasteiger partial charge in [0, 0.05) is 12.5 Å². The zero-order valence-electron chi connectivity index (χ0n) is 12.0. The fourth-order valence-corrected chi connectivity index (χ4v) is 2.11. The molecule has 0 saturated carbocycles. The molecule has 0 spiro atoms. The van der Waals surface area contributed by atoms with Gasteiger partial charge in [-0.25, -0.2) is 4.79 Å². The van der Waals surface area contributed by atoms with Crippen molar-refractivity contribution in [2.45, 2.75) is 12.5 Å². The highest BCUT2D eigenvalue weighted by Gasteiger charge is 2.25. The molecular weight excluding hydrogens is 300 g/mol. The zero-order chi connectivity index (χ0) is 16.8. The van der Waals surface area contributed by atoms with Gasteiger partial charge in [-0.15, -0.1) is 0 Å². The monoisotopic (exact) mass is 314 g/mol. The summed E-state index contributed by atoms with van der Waals surface area (Å²) < 4.78 is 0. The van der Waals surface area contributed by atoms with Crippen LogP contribution in [0, 0.1) is 10.1 Å². The first kappa shape index (κ1) is 16.2. The first-order chi connectivity index (χ1) is 11.0. The highest BCUT2D eigenvalue weighted by atomic mass is 16.6. The summed E-state index contributed by atoms with van der Waals surface area (Å²) in [6.07, 6.45) is 0.0859. The Morgan fingerprint density at radius 2 is 1.70 bits per heavy atom. The molecular formula is C16H14N2O5. The normalized spacial score (nSPS) is 11.5. The maximum absolute atomic E-state index is 12.2. The molecule has 7 heteroatoms. The minimum Gasteiger partial charge on any atom is -0.480 e. The van der Waals surface area contributed by atoms with Crippen molar-refractivity contribution in [2.75, 3.05) is 0 Å². The number of para-hydroxylation sites is 1. The van der Waals surface area contributed by atoms with Crippen molar-refractivity contribution in [1.29, 1.82) is 0 Å². The minimum absolute atomic E-state index is 0.0859. The molecule has 0 radical (unpaired) electrons. The minimum atomic E-state index is -1.21. The molecule has 7 nitrogen and oxygen atoms in total. The summed E-state index contributed by atoms with van der Waals surface area (Å²) in [5.74, 6) is -2.00. The molecule has 0 aromatic heterocycles. The van der Waals surface area contributed by atoms with E-state index in [9.17, 15) is 24.8 Å². The Balaban J connectivity index is 2.19. The fraction of sp³-hybridized carbons (Fsp3) is 0.125. The topological polar surface area (TPSA) is 110 Å². The predicted octanol–water partition coefficient (Wildman–Crippen LogP) is 2.02. The molecule has 2 aromatic rings. The van der Waals surface area contributed by atoms with Crippen LogP contribution in [0.5, 0.6) is 0 Å². The van der Waals surface area contributed by atoms with Crippen LogP contribution in [0.4, 0.5) is 5.69 Å². The zero-order valence-corrected chi connectivity index (χ0v) is 12.0. The Bertz CT molecular complexity index is 730. The molecule has 0 bridgehead atoms. The van der Waals surface area contributed by atoms with E-state index in [1.165, 1.54) is 24.3 Å². The number of carboxylic acid groups (broad SMARTS) is 1. The molecule has 118 valence electrons. The summed E-state index contributed by atoms with van der Waals surface area (Å²) in [5.41, 5.74) is 0.202. The number of hydrogen-bond donors (Lipinski definition) is 2. The van der Waals surface area contributed by atoms with Crippen molar-refractivity contribution in [3.05, 3.63) is 75.8 Å². The number of nitrogens with zero attached hydrogens (tertiary/aromatic N) is 1. The number of benzene rings is 2. The maximum Gasteiger partial charge on any atom is 0.326 e. The number of nitro groups is 1. The standard InChI is InChI=1S/C16H14N2O5/c19-15(12-8-4-5-9-14(12)18(22)23)17-13(16(20)21)10-11-6-2-1-3-7-11/h1-9,13H,10H2,(H,17,19)(H,20,21). The van der Waals surface area contributed by atoms with E-state index in [-0.39, 0.29) is 17.7 Å². The number of hydrogen-bond acceptors (Lipinski definition) is 4. The second-order valence-electron chi connectivity index (χ2n) is 4.83. The average molecular weight is 314 g/mol. The van der Waals surface area contributed by atoms with Gasteiger partial charge in [0.15, 0.2) is 0 Å². The van der Waals surface area contributed by atoms with Gasteiger partial charge in [0.05, 0.1) is 4.92 Å². The van der Waals surface area contributed by atoms with Crippen molar-refractivity contribution >= 4 is 17.6 Å². The Labute approximate surface area is 131 Å². The number of amides is 1. The summed E-state index contributed by atoms with van der Waals surface area (Å²) in [7, 11) is 0. The number of carbonyl (C=O) groups is 2. The Kier molecular flexibility index (Phi) is 5.03. The molecule has 0 aliphatic heterocycles. The summed E-state index contributed by atoms with van der Waals surface area (Å²) >= 11 is 0. The maximum atomic E-state index is 12.2. The first-order valence-electron chi connectivity index (χ1n) is 6.80. The van der Waals surface area contributed by atoms with E-state index in [1.807, 2.05) is 0 Å². The van der Waals surface area contributed by atoms with Crippen LogP contribution in [-0.4, -0.2) is 27.9 Å². The fourth-order valence-electron chi connectivity index (χ4n) is 2.11. The van der Waals surface area contributed by atoms with E-state index in [0.717, 1.165) is 5.56 Å². The molecule has 1 unspecified atom stereocenters. The second-order valence-corrected chi connectivity index (χ2v) is 4.83. The summed E-state index contributed by atoms with van der Waals surface area (Å²) in [4.78, 5) is 33.8. The van der Waals surface area contributed by atoms with Gasteiger partial charge in [-0.2, -0.15) is 0 Å². The van der Waals surface area contributed by atoms with Gasteiger partial charge < -0.3 is 10.4 Å². The Hall–Kier alpha value is -3.22. The number of nitrogens with one attached hydrogen (secondary N) is 1. The summed E-state index contributed by atoms with van der Waals surface area (Å²) in [6, 6.07) is 13.0. The van der Waals surface area contributed by atoms with Gasteiger partial charge in [-0.3, -0.25) is 14.9 Å². The SMILES string of the molecule is O=C(NC(Cc1ccccc1)C(=O)O)c1ccccc1[N+](=O)[O-]. The number of aliphatic carboxylic acids is 1. The Morgan fingerprint density at radius 1 is 1.09 bits per heavy atom. The van der Waals surface area contributed by atoms with Gasteiger partial charge in [0.2, 0.25) is 0 Å². The summed E-state index contributed by atoms with van der Waals surface area (Å²) in [6.45, 7) is 0. The number of nitro benzene ring substituents is 1. The predicted molar refractivity (Wildman–Crippen MR) is 82.1 cm³/mol. The van der Waals surface area contributed by atoms with E-state index < -0.39 is 22.8 Å². The van der Waals surface area contributed by atoms with Gasteiger partial charge >= 0.3 is 5.97 Å². The molecule has 0 saturated heterocycles. The van der Waals surface area contributed by atoms with Gasteiger partial charge in [-0.05, 0) is 11.6 Å². The van der Waals surface area contributed by atoms with Gasteiger partial charge in [0.25, 0.3) is 11.6 Å². The summed E-state index contributed by atoms with van der Waals surface area (Å²) in [5, 5.41) is 22.5. The van der Waals surface area contributed by atoms with Crippen LogP contribution >= 0.6 is 0 Å². The van der Waals surface area contributed by atoms with Crippen LogP contribution in [0.1, 0.15) is 15.9 Å². The second kappa shape index (κ2) is 7.17. The van der Waals surface area contributed by atoms with Gasteiger partial charge in [-0.1, -0.05) is 42.5 Å². The van der Waals surface area contributed by atoms with Crippen LogP contribution in [0.15, 0.2) is 54.6 Å². The van der Waals surface area contributed by atoms with Crippen molar-refractivity contribution in [2.24, 2.45) is 0 Å². The van der Waals surface area contributed by atoms with E-state index >= 15 is 0 Å². The molecule has 23 heavy (non-hydrogen) atoms. The van der Waals surface area contributed by atoms with Crippen molar-refractivity contribution in [3.8, 4) is 0 Å². The quantitative estimate of drug-likeness (QED) is 0.626. The van der Waals surface area contributed by atoms with Gasteiger partial charge in [0.1, 0.15) is 11.6 Å². The van der Waals surface area contributed by atoms with E-state index in [0.29, 0.717) is 0 Å². The lowest BCUT2D eigenvalue weighted by atomic mass is 10.1. The Morgan fingerprint density at radius 3 is 2.30 bits per heavy atom. The number of rotatable bonds is 6. The largest absolute Gasteiger partial charge is 0.480 e. The van der Waals surface area contributed by atoms with Crippen molar-refractivity contribution < 1.29 is 19.6 Å². The molecule has 2 aromatic carbocycles. The van der Waals surface area contributed by atoms with Crippen molar-refractivity contribution in [3.63, 3.8) is 0 Å². The van der Waals surface area contributed by atoms with Crippen LogP contribution in [-0.2, 0) is 11.2 Å². The first-order valence-corrected chi connectivity index (χ1v) is 6.80. The third kappa shape index (κ3) is 4.13. The lowest BCUT2D eigenvalue weighted by Gasteiger charge is -2.14. The highest BCUT2D eigenvalue weighted by Crippen LogP contribution is 2.17. The van der Waals surface area contributed by atoms with E-state index in [2.05, 4.69) is 5.32 Å². The molecule has 0 aliphatic carbocycles. The average Bonchev–Trinajstić information content (AvgIpc) is 2.55. The molecule has 1 amide bonds. The van der Waals surface area contributed by atoms with E-state index in [1.54, 1.807) is 30.3 Å². The third-order valence-corrected chi connectivity index (χ3v) is 3.23. The third-order valence-electron chi connectivity index (χ3n) is 3.23. The lowest BCUT2D eigenvalue weighted by Crippen LogP contribution is -2.42. The van der Waals surface area contributed by atoms with Crippen LogP contribution in [0.2, 0.25) is 0 Å². The lowest BCUT2D eigenvalue weighted by molar-refractivity contribution is -0.385. The smallest absolute Gasteiger partial charge is 0.326 e. The molecule has 1 atom stereocenters. The van der Waals surface area contributed by atoms with Crippen LogP contribution in [0.3, 0.4) is 0 Å². The molecule has 0 heterocycles. The molecule has 2 rings (SSSR count). The molecule has 0 fully saturated rings. The van der Waals surface area contributed by atoms with Crippen LogP contribution < -0.4 is 5.32 Å². The van der Waals surface area contributed by atoms with Crippen LogP contribution in [0.25, 0.3) is 0 Å². The number of carbonyl (C=O) groups excluding carboxylic acids is 1. The molecule has 2 N–H and O–H groups in total.